The van der Waals surface area contributed by atoms with Gasteiger partial charge in [0.15, 0.2) is 0 Å². The van der Waals surface area contributed by atoms with Crippen molar-refractivity contribution in [3.63, 3.8) is 0 Å². The minimum atomic E-state index is -0.722. The summed E-state index contributed by atoms with van der Waals surface area (Å²) in [5.41, 5.74) is 3.10. The molecular weight excluding hydrogens is 288 g/mol. The van der Waals surface area contributed by atoms with Gasteiger partial charge in [-0.2, -0.15) is 0 Å². The van der Waals surface area contributed by atoms with Crippen LogP contribution in [0.25, 0.3) is 0 Å². The Morgan fingerprint density at radius 2 is 2.00 bits per heavy atom. The zero-order valence-corrected chi connectivity index (χ0v) is 13.9. The molecule has 0 radical (unpaired) electrons. The van der Waals surface area contributed by atoms with Crippen LogP contribution in [0.5, 0.6) is 0 Å². The molecule has 1 aliphatic rings. The lowest BCUT2D eigenvalue weighted by atomic mass is 9.76. The molecule has 23 heavy (non-hydrogen) atoms. The topological polar surface area (TPSA) is 39.4 Å². The van der Waals surface area contributed by atoms with Crippen molar-refractivity contribution in [1.29, 1.82) is 0 Å². The van der Waals surface area contributed by atoms with E-state index >= 15 is 0 Å². The van der Waals surface area contributed by atoms with Gasteiger partial charge in [0.05, 0.1) is 18.3 Å². The smallest absolute Gasteiger partial charge is 0.316 e. The number of rotatable bonds is 5. The molecule has 0 aliphatic heterocycles. The Hall–Kier alpha value is -2.03. The highest BCUT2D eigenvalue weighted by Crippen LogP contribution is 2.33. The van der Waals surface area contributed by atoms with Gasteiger partial charge in [0.1, 0.15) is 5.76 Å². The molecule has 0 N–H and O–H groups in total. The minimum Gasteiger partial charge on any atom is -0.469 e. The number of fused-ring (bicyclic) bond motifs is 1. The summed E-state index contributed by atoms with van der Waals surface area (Å²) in [4.78, 5) is 12.7. The van der Waals surface area contributed by atoms with Crippen molar-refractivity contribution in [2.75, 3.05) is 6.61 Å². The fourth-order valence-electron chi connectivity index (χ4n) is 3.42. The van der Waals surface area contributed by atoms with Crippen molar-refractivity contribution in [2.45, 2.75) is 51.4 Å². The van der Waals surface area contributed by atoms with Crippen LogP contribution in [-0.2, 0) is 34.2 Å². The highest BCUT2D eigenvalue weighted by atomic mass is 16.5. The van der Waals surface area contributed by atoms with Crippen LogP contribution in [0.1, 0.15) is 49.1 Å². The highest BCUT2D eigenvalue weighted by molar-refractivity contribution is 5.83. The first-order valence-electron chi connectivity index (χ1n) is 8.45. The van der Waals surface area contributed by atoms with Crippen molar-refractivity contribution in [3.8, 4) is 0 Å². The predicted molar refractivity (Wildman–Crippen MR) is 89.5 cm³/mol. The second-order valence-electron chi connectivity index (χ2n) is 6.50. The molecule has 1 aromatic carbocycles. The molecule has 0 saturated heterocycles. The second kappa shape index (κ2) is 6.61. The van der Waals surface area contributed by atoms with Gasteiger partial charge >= 0.3 is 5.97 Å². The first kappa shape index (κ1) is 15.9. The lowest BCUT2D eigenvalue weighted by molar-refractivity contribution is -0.149. The SMILES string of the molecule is CCOC(=O)C(C)(Cc1ccco1)c1ccc2c(c1)CCCC2. The molecule has 0 fully saturated rings. The Kier molecular flexibility index (Phi) is 4.56. The van der Waals surface area contributed by atoms with Gasteiger partial charge < -0.3 is 9.15 Å². The number of carbonyl (C=O) groups is 1. The summed E-state index contributed by atoms with van der Waals surface area (Å²) in [7, 11) is 0. The quantitative estimate of drug-likeness (QED) is 0.776. The first-order valence-corrected chi connectivity index (χ1v) is 8.45. The fourth-order valence-corrected chi connectivity index (χ4v) is 3.42. The molecule has 1 unspecified atom stereocenters. The zero-order valence-electron chi connectivity index (χ0n) is 13.9. The van der Waals surface area contributed by atoms with Crippen LogP contribution in [0.4, 0.5) is 0 Å². The van der Waals surface area contributed by atoms with Crippen LogP contribution in [0.3, 0.4) is 0 Å². The second-order valence-corrected chi connectivity index (χ2v) is 6.50. The van der Waals surface area contributed by atoms with E-state index in [2.05, 4.69) is 18.2 Å². The van der Waals surface area contributed by atoms with Crippen LogP contribution >= 0.6 is 0 Å². The number of carbonyl (C=O) groups excluding carboxylic acids is 1. The highest BCUT2D eigenvalue weighted by Gasteiger charge is 2.38. The molecule has 0 bridgehead atoms. The largest absolute Gasteiger partial charge is 0.469 e. The van der Waals surface area contributed by atoms with E-state index in [0.29, 0.717) is 13.0 Å². The van der Waals surface area contributed by atoms with E-state index < -0.39 is 5.41 Å². The summed E-state index contributed by atoms with van der Waals surface area (Å²) in [6, 6.07) is 10.2. The van der Waals surface area contributed by atoms with Gasteiger partial charge in [-0.3, -0.25) is 4.79 Å². The molecule has 122 valence electrons. The maximum absolute atomic E-state index is 12.7. The van der Waals surface area contributed by atoms with Gasteiger partial charge in [-0.1, -0.05) is 18.2 Å². The first-order chi connectivity index (χ1) is 11.1. The fraction of sp³-hybridized carbons (Fsp3) is 0.450. The van der Waals surface area contributed by atoms with E-state index in [9.17, 15) is 4.79 Å². The normalized spacial score (nSPS) is 16.4. The number of furan rings is 1. The van der Waals surface area contributed by atoms with Crippen molar-refractivity contribution in [3.05, 3.63) is 59.0 Å². The Morgan fingerprint density at radius 3 is 2.70 bits per heavy atom. The molecule has 0 saturated carbocycles. The monoisotopic (exact) mass is 312 g/mol. The van der Waals surface area contributed by atoms with Gasteiger partial charge in [-0.25, -0.2) is 0 Å². The van der Waals surface area contributed by atoms with E-state index in [1.807, 2.05) is 26.0 Å². The number of esters is 1. The standard InChI is InChI=1S/C20H24O3/c1-3-22-19(21)20(2,14-18-9-6-12-23-18)17-11-10-15-7-4-5-8-16(15)13-17/h6,9-13H,3-5,7-8,14H2,1-2H3. The molecule has 3 rings (SSSR count). The van der Waals surface area contributed by atoms with Gasteiger partial charge in [0.25, 0.3) is 0 Å². The number of ether oxygens (including phenoxy) is 1. The maximum atomic E-state index is 12.7. The number of hydrogen-bond acceptors (Lipinski definition) is 3. The third-order valence-corrected chi connectivity index (χ3v) is 4.82. The zero-order chi connectivity index (χ0) is 16.3. The van der Waals surface area contributed by atoms with Crippen molar-refractivity contribution < 1.29 is 13.9 Å². The maximum Gasteiger partial charge on any atom is 0.316 e. The molecule has 0 amide bonds. The van der Waals surface area contributed by atoms with Crippen LogP contribution in [0.15, 0.2) is 41.0 Å². The Labute approximate surface area is 137 Å². The minimum absolute atomic E-state index is 0.188. The van der Waals surface area contributed by atoms with Crippen molar-refractivity contribution >= 4 is 5.97 Å². The van der Waals surface area contributed by atoms with Crippen LogP contribution in [0, 0.1) is 0 Å². The van der Waals surface area contributed by atoms with Crippen LogP contribution in [-0.4, -0.2) is 12.6 Å². The summed E-state index contributed by atoms with van der Waals surface area (Å²) in [5, 5.41) is 0. The number of aryl methyl sites for hydroxylation is 2. The molecule has 0 spiro atoms. The van der Waals surface area contributed by atoms with Crippen molar-refractivity contribution in [1.82, 2.24) is 0 Å². The van der Waals surface area contributed by atoms with E-state index in [1.54, 1.807) is 6.26 Å². The average molecular weight is 312 g/mol. The summed E-state index contributed by atoms with van der Waals surface area (Å²) in [5.74, 6) is 0.616. The van der Waals surface area contributed by atoms with Gasteiger partial charge in [-0.05, 0) is 68.4 Å². The molecule has 1 aliphatic carbocycles. The molecule has 1 atom stereocenters. The predicted octanol–water partition coefficient (Wildman–Crippen LogP) is 4.22. The lowest BCUT2D eigenvalue weighted by Gasteiger charge is -2.28. The van der Waals surface area contributed by atoms with Gasteiger partial charge in [-0.15, -0.1) is 0 Å². The molecule has 3 heteroatoms. The third kappa shape index (κ3) is 3.19. The molecule has 1 heterocycles. The van der Waals surface area contributed by atoms with E-state index in [0.717, 1.165) is 24.2 Å². The van der Waals surface area contributed by atoms with Crippen LogP contribution < -0.4 is 0 Å². The van der Waals surface area contributed by atoms with E-state index in [1.165, 1.54) is 24.0 Å². The van der Waals surface area contributed by atoms with Gasteiger partial charge in [0.2, 0.25) is 0 Å². The lowest BCUT2D eigenvalue weighted by Crippen LogP contribution is -2.37. The Balaban J connectivity index is 1.98. The third-order valence-electron chi connectivity index (χ3n) is 4.82. The summed E-state index contributed by atoms with van der Waals surface area (Å²) in [6.45, 7) is 4.19. The molecule has 1 aromatic heterocycles. The molecular formula is C20H24O3. The van der Waals surface area contributed by atoms with E-state index in [4.69, 9.17) is 9.15 Å². The van der Waals surface area contributed by atoms with E-state index in [-0.39, 0.29) is 5.97 Å². The summed E-state index contributed by atoms with van der Waals surface area (Å²) in [6.07, 6.45) is 6.89. The summed E-state index contributed by atoms with van der Waals surface area (Å²) >= 11 is 0. The van der Waals surface area contributed by atoms with Crippen LogP contribution in [0.2, 0.25) is 0 Å². The van der Waals surface area contributed by atoms with Crippen molar-refractivity contribution in [2.24, 2.45) is 0 Å². The number of hydrogen-bond donors (Lipinski definition) is 0. The Bertz CT molecular complexity index is 672. The number of benzene rings is 1. The molecule has 3 nitrogen and oxygen atoms in total. The summed E-state index contributed by atoms with van der Waals surface area (Å²) < 4.78 is 10.9. The Morgan fingerprint density at radius 1 is 1.22 bits per heavy atom. The molecule has 2 aromatic rings. The van der Waals surface area contributed by atoms with Gasteiger partial charge in [0, 0.05) is 6.42 Å². The average Bonchev–Trinajstić information content (AvgIpc) is 3.07.